The molecule has 1 unspecified atom stereocenters. The first-order valence-electron chi connectivity index (χ1n) is 10.5. The average molecular weight is 375 g/mol. The van der Waals surface area contributed by atoms with Gasteiger partial charge < -0.3 is 20.3 Å². The Kier molecular flexibility index (Phi) is 8.42. The highest BCUT2D eigenvalue weighted by molar-refractivity contribution is 5.80. The van der Waals surface area contributed by atoms with Crippen LogP contribution in [0.4, 0.5) is 0 Å². The van der Waals surface area contributed by atoms with Gasteiger partial charge in [0.2, 0.25) is 0 Å². The second-order valence-electron chi connectivity index (χ2n) is 7.80. The third kappa shape index (κ3) is 6.73. The monoisotopic (exact) mass is 374 g/mol. The third-order valence-electron chi connectivity index (χ3n) is 5.08. The zero-order valence-corrected chi connectivity index (χ0v) is 17.8. The van der Waals surface area contributed by atoms with Crippen LogP contribution >= 0.6 is 0 Å². The van der Waals surface area contributed by atoms with Crippen molar-refractivity contribution in [2.24, 2.45) is 4.99 Å². The molecule has 0 spiro atoms. The van der Waals surface area contributed by atoms with Gasteiger partial charge in [-0.2, -0.15) is 0 Å². The number of guanidine groups is 1. The standard InChI is InChI=1S/C22H38N4O/c1-6-23-21(24-15-11-12-16-26(7-2)8-3)25-19-17-22(4,5)27-20-14-10-9-13-18(19)20/h9-10,13-14,19H,6-8,11-12,15-17H2,1-5H3,(H2,23,24,25). The van der Waals surface area contributed by atoms with Crippen molar-refractivity contribution in [2.75, 3.05) is 32.7 Å². The predicted molar refractivity (Wildman–Crippen MR) is 115 cm³/mol. The summed E-state index contributed by atoms with van der Waals surface area (Å²) < 4.78 is 6.14. The fraction of sp³-hybridized carbons (Fsp3) is 0.682. The molecule has 2 N–H and O–H groups in total. The first-order valence-corrected chi connectivity index (χ1v) is 10.5. The van der Waals surface area contributed by atoms with Crippen LogP contribution in [0.25, 0.3) is 0 Å². The minimum atomic E-state index is -0.187. The number of nitrogens with zero attached hydrogens (tertiary/aromatic N) is 2. The average Bonchev–Trinajstić information content (AvgIpc) is 2.64. The highest BCUT2D eigenvalue weighted by atomic mass is 16.5. The zero-order chi connectivity index (χ0) is 19.7. The maximum absolute atomic E-state index is 6.14. The molecule has 0 bridgehead atoms. The number of ether oxygens (including phenoxy) is 1. The molecule has 1 aliphatic heterocycles. The van der Waals surface area contributed by atoms with Crippen molar-refractivity contribution >= 4 is 5.96 Å². The molecule has 27 heavy (non-hydrogen) atoms. The van der Waals surface area contributed by atoms with Gasteiger partial charge >= 0.3 is 0 Å². The van der Waals surface area contributed by atoms with E-state index in [9.17, 15) is 0 Å². The van der Waals surface area contributed by atoms with Gasteiger partial charge in [0.1, 0.15) is 11.4 Å². The van der Waals surface area contributed by atoms with Crippen LogP contribution in [0.5, 0.6) is 5.75 Å². The molecule has 1 heterocycles. The van der Waals surface area contributed by atoms with Gasteiger partial charge in [-0.05, 0) is 59.3 Å². The molecule has 5 nitrogen and oxygen atoms in total. The molecule has 1 atom stereocenters. The van der Waals surface area contributed by atoms with Gasteiger partial charge in [-0.1, -0.05) is 32.0 Å². The molecule has 0 aromatic heterocycles. The summed E-state index contributed by atoms with van der Waals surface area (Å²) >= 11 is 0. The number of fused-ring (bicyclic) bond motifs is 1. The zero-order valence-electron chi connectivity index (χ0n) is 17.8. The van der Waals surface area contributed by atoms with Crippen LogP contribution < -0.4 is 15.4 Å². The van der Waals surface area contributed by atoms with Gasteiger partial charge in [0.05, 0.1) is 6.04 Å². The summed E-state index contributed by atoms with van der Waals surface area (Å²) in [5.41, 5.74) is 1.02. The summed E-state index contributed by atoms with van der Waals surface area (Å²) in [5, 5.41) is 7.04. The minimum Gasteiger partial charge on any atom is -0.487 e. The number of para-hydroxylation sites is 1. The lowest BCUT2D eigenvalue weighted by atomic mass is 9.90. The molecule has 0 amide bonds. The smallest absolute Gasteiger partial charge is 0.191 e. The van der Waals surface area contributed by atoms with Gasteiger partial charge in [0.15, 0.2) is 5.96 Å². The van der Waals surface area contributed by atoms with Gasteiger partial charge in [0.25, 0.3) is 0 Å². The number of nitrogens with one attached hydrogen (secondary N) is 2. The van der Waals surface area contributed by atoms with Crippen LogP contribution in [0.15, 0.2) is 29.3 Å². The fourth-order valence-electron chi connectivity index (χ4n) is 3.59. The molecular weight excluding hydrogens is 336 g/mol. The number of hydrogen-bond acceptors (Lipinski definition) is 3. The van der Waals surface area contributed by atoms with E-state index < -0.39 is 0 Å². The lowest BCUT2D eigenvalue weighted by Gasteiger charge is -2.38. The Morgan fingerprint density at radius 2 is 1.93 bits per heavy atom. The maximum Gasteiger partial charge on any atom is 0.191 e. The topological polar surface area (TPSA) is 48.9 Å². The van der Waals surface area contributed by atoms with E-state index in [1.807, 2.05) is 6.07 Å². The summed E-state index contributed by atoms with van der Waals surface area (Å²) in [6, 6.07) is 8.52. The highest BCUT2D eigenvalue weighted by Gasteiger charge is 2.33. The summed E-state index contributed by atoms with van der Waals surface area (Å²) in [5.74, 6) is 1.87. The van der Waals surface area contributed by atoms with Crippen LogP contribution in [-0.2, 0) is 0 Å². The maximum atomic E-state index is 6.14. The first kappa shape index (κ1) is 21.5. The van der Waals surface area contributed by atoms with E-state index in [0.29, 0.717) is 0 Å². The summed E-state index contributed by atoms with van der Waals surface area (Å²) in [6.45, 7) is 16.0. The van der Waals surface area contributed by atoms with E-state index in [0.717, 1.165) is 57.3 Å². The van der Waals surface area contributed by atoms with Crippen LogP contribution in [0.3, 0.4) is 0 Å². The second-order valence-corrected chi connectivity index (χ2v) is 7.80. The van der Waals surface area contributed by atoms with Crippen molar-refractivity contribution < 1.29 is 4.74 Å². The Morgan fingerprint density at radius 1 is 1.19 bits per heavy atom. The third-order valence-corrected chi connectivity index (χ3v) is 5.08. The summed E-state index contributed by atoms with van der Waals surface area (Å²) in [7, 11) is 0. The molecule has 1 aromatic rings. The van der Waals surface area contributed by atoms with Crippen molar-refractivity contribution in [3.8, 4) is 5.75 Å². The van der Waals surface area contributed by atoms with Gasteiger partial charge in [-0.3, -0.25) is 4.99 Å². The Hall–Kier alpha value is -1.75. The van der Waals surface area contributed by atoms with E-state index >= 15 is 0 Å². The number of rotatable bonds is 9. The van der Waals surface area contributed by atoms with Crippen LogP contribution in [0.2, 0.25) is 0 Å². The van der Waals surface area contributed by atoms with Crippen molar-refractivity contribution in [3.05, 3.63) is 29.8 Å². The number of benzene rings is 1. The largest absolute Gasteiger partial charge is 0.487 e. The number of hydrogen-bond donors (Lipinski definition) is 2. The highest BCUT2D eigenvalue weighted by Crippen LogP contribution is 2.39. The van der Waals surface area contributed by atoms with Crippen LogP contribution in [-0.4, -0.2) is 49.2 Å². The SMILES string of the molecule is CCNC(=NCCCCN(CC)CC)NC1CC(C)(C)Oc2ccccc21. The van der Waals surface area contributed by atoms with Crippen molar-refractivity contribution in [1.82, 2.24) is 15.5 Å². The number of unbranched alkanes of at least 4 members (excludes halogenated alkanes) is 1. The molecule has 2 rings (SSSR count). The summed E-state index contributed by atoms with van der Waals surface area (Å²) in [4.78, 5) is 7.28. The molecule has 0 fully saturated rings. The Morgan fingerprint density at radius 3 is 2.63 bits per heavy atom. The van der Waals surface area contributed by atoms with E-state index in [4.69, 9.17) is 9.73 Å². The van der Waals surface area contributed by atoms with Crippen molar-refractivity contribution in [3.63, 3.8) is 0 Å². The minimum absolute atomic E-state index is 0.187. The normalized spacial score (nSPS) is 18.7. The van der Waals surface area contributed by atoms with E-state index in [2.05, 4.69) is 68.4 Å². The van der Waals surface area contributed by atoms with Gasteiger partial charge in [-0.25, -0.2) is 0 Å². The summed E-state index contributed by atoms with van der Waals surface area (Å²) in [6.07, 6.45) is 3.22. The van der Waals surface area contributed by atoms with Crippen LogP contribution in [0, 0.1) is 0 Å². The van der Waals surface area contributed by atoms with Crippen LogP contribution in [0.1, 0.15) is 65.5 Å². The molecule has 152 valence electrons. The predicted octanol–water partition coefficient (Wildman–Crippen LogP) is 3.97. The molecule has 0 aliphatic carbocycles. The molecule has 0 saturated carbocycles. The first-order chi connectivity index (χ1) is 13.0. The fourth-order valence-corrected chi connectivity index (χ4v) is 3.59. The van der Waals surface area contributed by atoms with E-state index in [1.54, 1.807) is 0 Å². The van der Waals surface area contributed by atoms with Crippen molar-refractivity contribution in [2.45, 2.75) is 65.5 Å². The lowest BCUT2D eigenvalue weighted by Crippen LogP contribution is -2.45. The van der Waals surface area contributed by atoms with E-state index in [-0.39, 0.29) is 11.6 Å². The lowest BCUT2D eigenvalue weighted by molar-refractivity contribution is 0.0694. The quantitative estimate of drug-likeness (QED) is 0.390. The molecule has 5 heteroatoms. The molecule has 1 aliphatic rings. The Balaban J connectivity index is 1.96. The molecule has 0 radical (unpaired) electrons. The molecule has 1 aromatic carbocycles. The van der Waals surface area contributed by atoms with Gasteiger partial charge in [-0.15, -0.1) is 0 Å². The van der Waals surface area contributed by atoms with Gasteiger partial charge in [0, 0.05) is 25.1 Å². The van der Waals surface area contributed by atoms with E-state index in [1.165, 1.54) is 12.0 Å². The van der Waals surface area contributed by atoms with Crippen molar-refractivity contribution in [1.29, 1.82) is 0 Å². The number of aliphatic imine (C=N–C) groups is 1. The Labute approximate surface area is 165 Å². The second kappa shape index (κ2) is 10.5. The molecular formula is C22H38N4O. The molecule has 0 saturated heterocycles. The Bertz CT molecular complexity index is 596.